The van der Waals surface area contributed by atoms with Crippen LogP contribution < -0.4 is 0 Å². The van der Waals surface area contributed by atoms with Crippen LogP contribution in [-0.2, 0) is 19.1 Å². The fourth-order valence-corrected chi connectivity index (χ4v) is 2.20. The maximum atomic E-state index is 14.8. The Labute approximate surface area is 160 Å². The number of carbonyl (C=O) groups is 2. The van der Waals surface area contributed by atoms with Gasteiger partial charge in [-0.05, 0) is 41.5 Å². The average molecular weight is 396 g/mol. The van der Waals surface area contributed by atoms with Gasteiger partial charge in [-0.1, -0.05) is 0 Å². The van der Waals surface area contributed by atoms with Gasteiger partial charge in [0.05, 0.1) is 5.56 Å². The molecular formula is C19H19F3N2O4. The van der Waals surface area contributed by atoms with E-state index in [1.54, 1.807) is 0 Å². The number of hydrogen-bond acceptors (Lipinski definition) is 6. The molecule has 150 valence electrons. The van der Waals surface area contributed by atoms with E-state index in [1.165, 1.54) is 53.7 Å². The summed E-state index contributed by atoms with van der Waals surface area (Å²) >= 11 is 0. The lowest BCUT2D eigenvalue weighted by Crippen LogP contribution is -2.36. The topological polar surface area (TPSA) is 100 Å². The van der Waals surface area contributed by atoms with Crippen molar-refractivity contribution >= 4 is 11.9 Å². The molecule has 0 bridgehead atoms. The molecular weight excluding hydrogens is 377 g/mol. The van der Waals surface area contributed by atoms with Gasteiger partial charge >= 0.3 is 11.9 Å². The van der Waals surface area contributed by atoms with Crippen LogP contribution in [0.2, 0.25) is 0 Å². The second kappa shape index (κ2) is 7.89. The number of nitrogens with zero attached hydrogens (tertiary/aromatic N) is 2. The second-order valence-corrected chi connectivity index (χ2v) is 7.83. The van der Waals surface area contributed by atoms with Crippen molar-refractivity contribution in [2.24, 2.45) is 0 Å². The van der Waals surface area contributed by atoms with Crippen LogP contribution in [0.25, 0.3) is 0 Å². The number of benzene rings is 1. The van der Waals surface area contributed by atoms with Crippen LogP contribution in [0, 0.1) is 40.1 Å². The molecule has 0 N–H and O–H groups in total. The number of esters is 2. The molecule has 0 amide bonds. The first-order valence-corrected chi connectivity index (χ1v) is 8.10. The van der Waals surface area contributed by atoms with Crippen LogP contribution in [0.5, 0.6) is 0 Å². The van der Waals surface area contributed by atoms with Gasteiger partial charge < -0.3 is 9.47 Å². The highest BCUT2D eigenvalue weighted by atomic mass is 19.2. The number of hydrogen-bond donors (Lipinski definition) is 0. The first kappa shape index (κ1) is 23.0. The predicted octanol–water partition coefficient (Wildman–Crippen LogP) is 3.61. The fraction of sp³-hybridized carbons (Fsp3) is 0.474. The van der Waals surface area contributed by atoms with Gasteiger partial charge in [-0.15, -0.1) is 0 Å². The molecule has 0 heterocycles. The molecule has 0 aromatic heterocycles. The lowest BCUT2D eigenvalue weighted by molar-refractivity contribution is -0.169. The van der Waals surface area contributed by atoms with E-state index in [4.69, 9.17) is 20.0 Å². The molecule has 1 aromatic rings. The molecule has 6 nitrogen and oxygen atoms in total. The zero-order chi connectivity index (χ0) is 22.0. The van der Waals surface area contributed by atoms with Gasteiger partial charge in [0, 0.05) is 0 Å². The maximum Gasteiger partial charge on any atom is 0.325 e. The molecule has 0 radical (unpaired) electrons. The zero-order valence-electron chi connectivity index (χ0n) is 16.2. The van der Waals surface area contributed by atoms with E-state index < -0.39 is 63.2 Å². The highest BCUT2D eigenvalue weighted by molar-refractivity contribution is 6.01. The molecule has 0 aliphatic rings. The smallest absolute Gasteiger partial charge is 0.325 e. The Balaban J connectivity index is 3.79. The van der Waals surface area contributed by atoms with Gasteiger partial charge in [0.1, 0.15) is 40.3 Å². The Morgan fingerprint density at radius 2 is 1.14 bits per heavy atom. The Morgan fingerprint density at radius 3 is 1.46 bits per heavy atom. The van der Waals surface area contributed by atoms with Gasteiger partial charge in [0.2, 0.25) is 0 Å². The van der Waals surface area contributed by atoms with E-state index in [1.807, 2.05) is 0 Å². The minimum absolute atomic E-state index is 1.13. The van der Waals surface area contributed by atoms with Crippen molar-refractivity contribution in [1.82, 2.24) is 0 Å². The first-order valence-electron chi connectivity index (χ1n) is 8.10. The predicted molar refractivity (Wildman–Crippen MR) is 90.2 cm³/mol. The second-order valence-electron chi connectivity index (χ2n) is 7.83. The minimum Gasteiger partial charge on any atom is -0.459 e. The maximum absolute atomic E-state index is 14.8. The normalized spacial score (nSPS) is 11.6. The third-order valence-electron chi connectivity index (χ3n) is 3.15. The van der Waals surface area contributed by atoms with E-state index in [0.29, 0.717) is 0 Å². The summed E-state index contributed by atoms with van der Waals surface area (Å²) in [6.07, 6.45) is 0. The van der Waals surface area contributed by atoms with E-state index in [0.717, 1.165) is 0 Å². The van der Waals surface area contributed by atoms with Crippen molar-refractivity contribution in [3.63, 3.8) is 0 Å². The first-order chi connectivity index (χ1) is 12.6. The van der Waals surface area contributed by atoms with Gasteiger partial charge in [-0.2, -0.15) is 10.5 Å². The molecule has 0 atom stereocenters. The van der Waals surface area contributed by atoms with Crippen LogP contribution in [0.3, 0.4) is 0 Å². The van der Waals surface area contributed by atoms with Crippen LogP contribution in [0.15, 0.2) is 0 Å². The van der Waals surface area contributed by atoms with E-state index >= 15 is 0 Å². The molecule has 9 heteroatoms. The van der Waals surface area contributed by atoms with Crippen molar-refractivity contribution < 1.29 is 32.2 Å². The molecule has 1 rings (SSSR count). The van der Waals surface area contributed by atoms with Gasteiger partial charge in [0.15, 0.2) is 17.6 Å². The largest absolute Gasteiger partial charge is 0.459 e. The molecule has 0 spiro atoms. The summed E-state index contributed by atoms with van der Waals surface area (Å²) in [4.78, 5) is 25.1. The van der Waals surface area contributed by atoms with Crippen LogP contribution in [0.4, 0.5) is 13.2 Å². The van der Waals surface area contributed by atoms with Crippen LogP contribution >= 0.6 is 0 Å². The molecule has 28 heavy (non-hydrogen) atoms. The quantitative estimate of drug-likeness (QED) is 0.440. The summed E-state index contributed by atoms with van der Waals surface area (Å²) in [6.45, 7) is 8.69. The molecule has 0 aliphatic carbocycles. The fourth-order valence-electron chi connectivity index (χ4n) is 2.20. The Kier molecular flexibility index (Phi) is 6.47. The molecule has 0 aliphatic heterocycles. The summed E-state index contributed by atoms with van der Waals surface area (Å²) in [5.74, 6) is -10.6. The Bertz CT molecular complexity index is 872. The summed E-state index contributed by atoms with van der Waals surface area (Å²) in [6, 6.07) is 2.43. The summed E-state index contributed by atoms with van der Waals surface area (Å²) < 4.78 is 53.7. The number of carbonyl (C=O) groups excluding carboxylic acids is 2. The molecule has 0 saturated carbocycles. The lowest BCUT2D eigenvalue weighted by Gasteiger charge is -2.27. The van der Waals surface area contributed by atoms with Crippen molar-refractivity contribution in [2.75, 3.05) is 0 Å². The Morgan fingerprint density at radius 1 is 0.786 bits per heavy atom. The number of halogens is 3. The number of nitriles is 2. The zero-order valence-corrected chi connectivity index (χ0v) is 16.2. The van der Waals surface area contributed by atoms with Gasteiger partial charge in [-0.3, -0.25) is 9.59 Å². The van der Waals surface area contributed by atoms with Crippen LogP contribution in [-0.4, -0.2) is 23.1 Å². The van der Waals surface area contributed by atoms with Crippen molar-refractivity contribution in [2.45, 2.75) is 58.7 Å². The number of rotatable bonds is 3. The third kappa shape index (κ3) is 5.01. The minimum atomic E-state index is -2.34. The van der Waals surface area contributed by atoms with E-state index in [9.17, 15) is 22.8 Å². The average Bonchev–Trinajstić information content (AvgIpc) is 2.50. The SMILES string of the molecule is CC(C)(C)OC(=O)C(C(=O)OC(C)(C)C)c1c(F)c(F)c(C#N)c(C#N)c1F. The van der Waals surface area contributed by atoms with E-state index in [-0.39, 0.29) is 0 Å². The van der Waals surface area contributed by atoms with E-state index in [2.05, 4.69) is 0 Å². The summed E-state index contributed by atoms with van der Waals surface area (Å²) in [5, 5.41) is 17.9. The molecule has 1 aromatic carbocycles. The summed E-state index contributed by atoms with van der Waals surface area (Å²) in [5.41, 5.74) is -5.94. The standard InChI is InChI=1S/C19H19F3N2O4/c1-18(2,3)27-16(25)12(17(26)28-19(4,5)6)11-13(20)9(7-23)10(8-24)14(21)15(11)22/h12H,1-6H3. The van der Waals surface area contributed by atoms with Crippen molar-refractivity contribution in [3.8, 4) is 12.1 Å². The molecule has 0 fully saturated rings. The van der Waals surface area contributed by atoms with Crippen molar-refractivity contribution in [3.05, 3.63) is 34.1 Å². The van der Waals surface area contributed by atoms with Gasteiger partial charge in [-0.25, -0.2) is 13.2 Å². The highest BCUT2D eigenvalue weighted by Crippen LogP contribution is 2.33. The lowest BCUT2D eigenvalue weighted by atomic mass is 9.92. The number of ether oxygens (including phenoxy) is 2. The van der Waals surface area contributed by atoms with Crippen LogP contribution in [0.1, 0.15) is 64.2 Å². The van der Waals surface area contributed by atoms with Gasteiger partial charge in [0.25, 0.3) is 0 Å². The highest BCUT2D eigenvalue weighted by Gasteiger charge is 2.42. The molecule has 0 saturated heterocycles. The molecule has 0 unspecified atom stereocenters. The van der Waals surface area contributed by atoms with Crippen molar-refractivity contribution in [1.29, 1.82) is 10.5 Å². The monoisotopic (exact) mass is 396 g/mol. The Hall–Kier alpha value is -3.07. The third-order valence-corrected chi connectivity index (χ3v) is 3.15. The summed E-state index contributed by atoms with van der Waals surface area (Å²) in [7, 11) is 0.